The summed E-state index contributed by atoms with van der Waals surface area (Å²) >= 11 is 0. The second kappa shape index (κ2) is 0.937. The summed E-state index contributed by atoms with van der Waals surface area (Å²) in [5.74, 6) is -2.28. The fourth-order valence-corrected chi connectivity index (χ4v) is 1.58. The Morgan fingerprint density at radius 1 is 1.00 bits per heavy atom. The van der Waals surface area contributed by atoms with Crippen LogP contribution in [0.15, 0.2) is 0 Å². The summed E-state index contributed by atoms with van der Waals surface area (Å²) in [5.41, 5.74) is 0.156. The van der Waals surface area contributed by atoms with Crippen molar-refractivity contribution in [3.63, 3.8) is 0 Å². The van der Waals surface area contributed by atoms with E-state index in [1.54, 1.807) is 0 Å². The average molecular weight is 118 g/mol. The number of hydrogen-bond acceptors (Lipinski definition) is 0. The van der Waals surface area contributed by atoms with Crippen LogP contribution in [0.4, 0.5) is 8.78 Å². The van der Waals surface area contributed by atoms with Crippen LogP contribution in [0.3, 0.4) is 0 Å². The molecule has 0 bridgehead atoms. The Morgan fingerprint density at radius 2 is 1.50 bits per heavy atom. The van der Waals surface area contributed by atoms with Gasteiger partial charge in [0.1, 0.15) is 0 Å². The summed E-state index contributed by atoms with van der Waals surface area (Å²) in [6, 6.07) is 0. The van der Waals surface area contributed by atoms with E-state index >= 15 is 0 Å². The van der Waals surface area contributed by atoms with Gasteiger partial charge in [0.15, 0.2) is 0 Å². The lowest BCUT2D eigenvalue weighted by molar-refractivity contribution is -0.121. The zero-order valence-corrected chi connectivity index (χ0v) is 4.58. The standard InChI is InChI=1S/C6H8F2/c7-6(8)3-5(4-6)1-2-5/h1-4H2. The van der Waals surface area contributed by atoms with Gasteiger partial charge in [-0.2, -0.15) is 0 Å². The third-order valence-corrected chi connectivity index (χ3v) is 2.22. The van der Waals surface area contributed by atoms with Gasteiger partial charge >= 0.3 is 0 Å². The van der Waals surface area contributed by atoms with E-state index in [0.717, 1.165) is 12.8 Å². The van der Waals surface area contributed by atoms with Crippen LogP contribution in [0.25, 0.3) is 0 Å². The van der Waals surface area contributed by atoms with Gasteiger partial charge in [-0.15, -0.1) is 0 Å². The maximum atomic E-state index is 12.1. The molecule has 0 nitrogen and oxygen atoms in total. The molecule has 0 aromatic rings. The first kappa shape index (κ1) is 4.71. The van der Waals surface area contributed by atoms with Crippen molar-refractivity contribution in [1.29, 1.82) is 0 Å². The van der Waals surface area contributed by atoms with E-state index in [0.29, 0.717) is 0 Å². The summed E-state index contributed by atoms with van der Waals surface area (Å²) in [4.78, 5) is 0. The molecular weight excluding hydrogens is 110 g/mol. The quantitative estimate of drug-likeness (QED) is 0.457. The zero-order valence-electron chi connectivity index (χ0n) is 4.58. The first-order valence-corrected chi connectivity index (χ1v) is 3.00. The molecule has 2 saturated carbocycles. The van der Waals surface area contributed by atoms with E-state index in [4.69, 9.17) is 0 Å². The van der Waals surface area contributed by atoms with Crippen molar-refractivity contribution in [3.05, 3.63) is 0 Å². The highest BCUT2D eigenvalue weighted by Gasteiger charge is 2.62. The van der Waals surface area contributed by atoms with Crippen molar-refractivity contribution in [2.24, 2.45) is 5.41 Å². The van der Waals surface area contributed by atoms with Crippen molar-refractivity contribution in [1.82, 2.24) is 0 Å². The number of alkyl halides is 2. The van der Waals surface area contributed by atoms with Crippen LogP contribution in [0.5, 0.6) is 0 Å². The van der Waals surface area contributed by atoms with Crippen molar-refractivity contribution in [3.8, 4) is 0 Å². The maximum Gasteiger partial charge on any atom is 0.249 e. The summed E-state index contributed by atoms with van der Waals surface area (Å²) in [6.45, 7) is 0. The van der Waals surface area contributed by atoms with Gasteiger partial charge in [0.05, 0.1) is 0 Å². The van der Waals surface area contributed by atoms with Crippen molar-refractivity contribution >= 4 is 0 Å². The summed E-state index contributed by atoms with van der Waals surface area (Å²) in [5, 5.41) is 0. The lowest BCUT2D eigenvalue weighted by Crippen LogP contribution is -2.36. The van der Waals surface area contributed by atoms with Crippen LogP contribution in [0.2, 0.25) is 0 Å². The number of rotatable bonds is 0. The highest BCUT2D eigenvalue weighted by molar-refractivity contribution is 5.07. The Labute approximate surface area is 46.9 Å². The second-order valence-corrected chi connectivity index (χ2v) is 3.21. The number of hydrogen-bond donors (Lipinski definition) is 0. The molecule has 0 aliphatic heterocycles. The fourth-order valence-electron chi connectivity index (χ4n) is 1.58. The van der Waals surface area contributed by atoms with E-state index < -0.39 is 5.92 Å². The Bertz CT molecular complexity index is 112. The van der Waals surface area contributed by atoms with Crippen LogP contribution < -0.4 is 0 Å². The molecule has 46 valence electrons. The first-order chi connectivity index (χ1) is 3.62. The predicted octanol–water partition coefficient (Wildman–Crippen LogP) is 2.20. The van der Waals surface area contributed by atoms with Gasteiger partial charge in [0.2, 0.25) is 5.92 Å². The largest absolute Gasteiger partial charge is 0.249 e. The molecule has 2 fully saturated rings. The Kier molecular flexibility index (Phi) is 0.552. The highest BCUT2D eigenvalue weighted by Crippen LogP contribution is 2.66. The van der Waals surface area contributed by atoms with E-state index in [1.165, 1.54) is 0 Å². The molecule has 0 saturated heterocycles. The highest BCUT2D eigenvalue weighted by atomic mass is 19.3. The van der Waals surface area contributed by atoms with Crippen molar-refractivity contribution < 1.29 is 8.78 Å². The fraction of sp³-hybridized carbons (Fsp3) is 1.00. The summed E-state index contributed by atoms with van der Waals surface area (Å²) in [6.07, 6.45) is 2.48. The minimum absolute atomic E-state index is 0.156. The van der Waals surface area contributed by atoms with E-state index in [-0.39, 0.29) is 18.3 Å². The Hall–Kier alpha value is -0.140. The van der Waals surface area contributed by atoms with Crippen LogP contribution in [-0.4, -0.2) is 5.92 Å². The van der Waals surface area contributed by atoms with Crippen LogP contribution in [0.1, 0.15) is 25.7 Å². The summed E-state index contributed by atoms with van der Waals surface area (Å²) < 4.78 is 24.1. The predicted molar refractivity (Wildman–Crippen MR) is 25.8 cm³/mol. The molecule has 0 unspecified atom stereocenters. The lowest BCUT2D eigenvalue weighted by atomic mass is 9.78. The zero-order chi connectivity index (χ0) is 5.83. The minimum Gasteiger partial charge on any atom is -0.207 e. The van der Waals surface area contributed by atoms with Gasteiger partial charge in [0, 0.05) is 12.8 Å². The Morgan fingerprint density at radius 3 is 1.62 bits per heavy atom. The minimum atomic E-state index is -2.28. The Balaban J connectivity index is 2.00. The lowest BCUT2D eigenvalue weighted by Gasteiger charge is -2.35. The molecule has 0 atom stereocenters. The monoisotopic (exact) mass is 118 g/mol. The third kappa shape index (κ3) is 0.487. The molecule has 0 aromatic carbocycles. The van der Waals surface area contributed by atoms with Gasteiger partial charge in [-0.3, -0.25) is 0 Å². The molecule has 0 aromatic heterocycles. The van der Waals surface area contributed by atoms with Crippen LogP contribution in [0, 0.1) is 5.41 Å². The topological polar surface area (TPSA) is 0 Å². The molecule has 0 radical (unpaired) electrons. The molecule has 2 heteroatoms. The molecule has 8 heavy (non-hydrogen) atoms. The van der Waals surface area contributed by atoms with Crippen LogP contribution in [-0.2, 0) is 0 Å². The van der Waals surface area contributed by atoms with Gasteiger partial charge in [-0.05, 0) is 18.3 Å². The van der Waals surface area contributed by atoms with Crippen molar-refractivity contribution in [2.45, 2.75) is 31.6 Å². The molecule has 0 N–H and O–H groups in total. The van der Waals surface area contributed by atoms with Gasteiger partial charge in [-0.1, -0.05) is 0 Å². The summed E-state index contributed by atoms with van der Waals surface area (Å²) in [7, 11) is 0. The molecule has 1 spiro atoms. The molecule has 2 aliphatic rings. The molecular formula is C6H8F2. The van der Waals surface area contributed by atoms with Crippen LogP contribution >= 0.6 is 0 Å². The average Bonchev–Trinajstić information content (AvgIpc) is 2.12. The SMILES string of the molecule is FC1(F)CC2(CC2)C1. The molecule has 0 amide bonds. The molecule has 2 aliphatic carbocycles. The van der Waals surface area contributed by atoms with E-state index in [9.17, 15) is 8.78 Å². The van der Waals surface area contributed by atoms with Gasteiger partial charge in [0.25, 0.3) is 0 Å². The first-order valence-electron chi connectivity index (χ1n) is 3.00. The molecule has 0 heterocycles. The van der Waals surface area contributed by atoms with E-state index in [2.05, 4.69) is 0 Å². The smallest absolute Gasteiger partial charge is 0.207 e. The second-order valence-electron chi connectivity index (χ2n) is 3.21. The maximum absolute atomic E-state index is 12.1. The van der Waals surface area contributed by atoms with Crippen molar-refractivity contribution in [2.75, 3.05) is 0 Å². The third-order valence-electron chi connectivity index (χ3n) is 2.22. The normalized spacial score (nSPS) is 36.8. The van der Waals surface area contributed by atoms with E-state index in [1.807, 2.05) is 0 Å². The molecule has 2 rings (SSSR count). The van der Waals surface area contributed by atoms with Gasteiger partial charge in [-0.25, -0.2) is 8.78 Å². The number of halogens is 2. The van der Waals surface area contributed by atoms with Gasteiger partial charge < -0.3 is 0 Å².